The lowest BCUT2D eigenvalue weighted by Crippen LogP contribution is -2.12. The molecule has 24 heavy (non-hydrogen) atoms. The minimum atomic E-state index is -0.410. The molecule has 0 unspecified atom stereocenters. The van der Waals surface area contributed by atoms with E-state index in [1.54, 1.807) is 18.2 Å². The molecule has 1 N–H and O–H groups in total. The Kier molecular flexibility index (Phi) is 6.50. The summed E-state index contributed by atoms with van der Waals surface area (Å²) < 4.78 is 10.7. The molecule has 0 aliphatic carbocycles. The van der Waals surface area contributed by atoms with Gasteiger partial charge in [-0.1, -0.05) is 29.8 Å². The average Bonchev–Trinajstić information content (AvgIpc) is 2.57. The van der Waals surface area contributed by atoms with Gasteiger partial charge < -0.3 is 14.8 Å². The number of hydrogen-bond donors (Lipinski definition) is 1. The maximum absolute atomic E-state index is 11.8. The third kappa shape index (κ3) is 4.65. The van der Waals surface area contributed by atoms with Gasteiger partial charge in [0.15, 0.2) is 0 Å². The van der Waals surface area contributed by atoms with E-state index in [0.29, 0.717) is 29.4 Å². The molecule has 0 radical (unpaired) electrons. The Morgan fingerprint density at radius 1 is 1.17 bits per heavy atom. The highest BCUT2D eigenvalue weighted by molar-refractivity contribution is 6.31. The number of hydrogen-bond acceptors (Lipinski definition) is 4. The van der Waals surface area contributed by atoms with Gasteiger partial charge in [0.2, 0.25) is 0 Å². The van der Waals surface area contributed by atoms with Crippen LogP contribution in [-0.2, 0) is 4.74 Å². The fraction of sp³-hybridized carbons (Fsp3) is 0.316. The molecule has 5 heteroatoms. The van der Waals surface area contributed by atoms with Crippen LogP contribution in [-0.4, -0.2) is 26.2 Å². The quantitative estimate of drug-likeness (QED) is 0.586. The van der Waals surface area contributed by atoms with Crippen LogP contribution in [0.5, 0.6) is 5.75 Å². The van der Waals surface area contributed by atoms with Crippen LogP contribution in [0.4, 0.5) is 5.69 Å². The molecule has 2 rings (SSSR count). The summed E-state index contributed by atoms with van der Waals surface area (Å²) in [5.41, 5.74) is 3.40. The summed E-state index contributed by atoms with van der Waals surface area (Å²) >= 11 is 5.94. The topological polar surface area (TPSA) is 47.6 Å². The number of para-hydroxylation sites is 1. The molecule has 0 aliphatic rings. The predicted octanol–water partition coefficient (Wildman–Crippen LogP) is 4.62. The Labute approximate surface area is 147 Å². The molecule has 0 saturated heterocycles. The summed E-state index contributed by atoms with van der Waals surface area (Å²) in [7, 11) is 1.35. The van der Waals surface area contributed by atoms with Crippen molar-refractivity contribution in [3.63, 3.8) is 0 Å². The van der Waals surface area contributed by atoms with Crippen molar-refractivity contribution >= 4 is 23.3 Å². The van der Waals surface area contributed by atoms with Crippen molar-refractivity contribution in [1.29, 1.82) is 0 Å². The van der Waals surface area contributed by atoms with Gasteiger partial charge in [0, 0.05) is 17.3 Å². The number of anilines is 1. The molecule has 2 aromatic rings. The zero-order valence-corrected chi connectivity index (χ0v) is 14.9. The lowest BCUT2D eigenvalue weighted by atomic mass is 10.1. The van der Waals surface area contributed by atoms with Crippen LogP contribution in [0.25, 0.3) is 0 Å². The predicted molar refractivity (Wildman–Crippen MR) is 97.3 cm³/mol. The van der Waals surface area contributed by atoms with Crippen molar-refractivity contribution in [2.75, 3.05) is 25.6 Å². The summed E-state index contributed by atoms with van der Waals surface area (Å²) in [5.74, 6) is 0.533. The van der Waals surface area contributed by atoms with Crippen molar-refractivity contribution in [2.24, 2.45) is 0 Å². The first kappa shape index (κ1) is 18.1. The van der Waals surface area contributed by atoms with Gasteiger partial charge in [-0.3, -0.25) is 0 Å². The molecule has 0 amide bonds. The van der Waals surface area contributed by atoms with E-state index in [2.05, 4.69) is 5.32 Å². The van der Waals surface area contributed by atoms with Crippen molar-refractivity contribution in [2.45, 2.75) is 20.3 Å². The number of carbonyl (C=O) groups excluding carboxylic acids is 1. The van der Waals surface area contributed by atoms with Crippen molar-refractivity contribution in [1.82, 2.24) is 0 Å². The molecular formula is C19H22ClNO3. The lowest BCUT2D eigenvalue weighted by molar-refractivity contribution is 0.0602. The first-order valence-electron chi connectivity index (χ1n) is 7.83. The van der Waals surface area contributed by atoms with E-state index in [9.17, 15) is 4.79 Å². The van der Waals surface area contributed by atoms with E-state index in [0.717, 1.165) is 23.3 Å². The smallest absolute Gasteiger partial charge is 0.340 e. The highest BCUT2D eigenvalue weighted by Crippen LogP contribution is 2.23. The Morgan fingerprint density at radius 2 is 1.88 bits per heavy atom. The van der Waals surface area contributed by atoms with E-state index in [4.69, 9.17) is 21.1 Å². The number of nitrogens with one attached hydrogen (secondary N) is 1. The monoisotopic (exact) mass is 347 g/mol. The Hall–Kier alpha value is -2.20. The third-order valence-corrected chi connectivity index (χ3v) is 3.91. The second kappa shape index (κ2) is 8.60. The molecule has 0 aromatic heterocycles. The van der Waals surface area contributed by atoms with Crippen LogP contribution in [0.2, 0.25) is 5.02 Å². The van der Waals surface area contributed by atoms with Crippen molar-refractivity contribution in [3.8, 4) is 5.75 Å². The van der Waals surface area contributed by atoms with E-state index < -0.39 is 5.97 Å². The zero-order chi connectivity index (χ0) is 17.5. The SMILES string of the molecule is COC(=O)c1cc(Cl)ccc1NCCCOc1c(C)cccc1C. The van der Waals surface area contributed by atoms with E-state index in [-0.39, 0.29) is 0 Å². The van der Waals surface area contributed by atoms with Gasteiger partial charge in [-0.05, 0) is 49.6 Å². The van der Waals surface area contributed by atoms with Gasteiger partial charge >= 0.3 is 5.97 Å². The van der Waals surface area contributed by atoms with Crippen LogP contribution < -0.4 is 10.1 Å². The standard InChI is InChI=1S/C19H22ClNO3/c1-13-6-4-7-14(2)18(13)24-11-5-10-21-17-9-8-15(20)12-16(17)19(22)23-3/h4,6-9,12,21H,5,10-11H2,1-3H3. The Balaban J connectivity index is 1.88. The van der Waals surface area contributed by atoms with Gasteiger partial charge in [0.25, 0.3) is 0 Å². The second-order valence-electron chi connectivity index (χ2n) is 5.53. The summed E-state index contributed by atoms with van der Waals surface area (Å²) in [4.78, 5) is 11.8. The number of esters is 1. The van der Waals surface area contributed by atoms with E-state index >= 15 is 0 Å². The van der Waals surface area contributed by atoms with Crippen LogP contribution >= 0.6 is 11.6 Å². The zero-order valence-electron chi connectivity index (χ0n) is 14.2. The molecule has 0 spiro atoms. The molecule has 4 nitrogen and oxygen atoms in total. The first-order chi connectivity index (χ1) is 11.5. The average molecular weight is 348 g/mol. The third-order valence-electron chi connectivity index (χ3n) is 3.68. The minimum absolute atomic E-state index is 0.410. The molecular weight excluding hydrogens is 326 g/mol. The second-order valence-corrected chi connectivity index (χ2v) is 5.97. The maximum Gasteiger partial charge on any atom is 0.340 e. The van der Waals surface area contributed by atoms with Gasteiger partial charge in [0.1, 0.15) is 5.75 Å². The number of benzene rings is 2. The van der Waals surface area contributed by atoms with Crippen LogP contribution in [0.15, 0.2) is 36.4 Å². The Bertz CT molecular complexity index is 696. The highest BCUT2D eigenvalue weighted by Gasteiger charge is 2.12. The lowest BCUT2D eigenvalue weighted by Gasteiger charge is -2.13. The maximum atomic E-state index is 11.8. The fourth-order valence-electron chi connectivity index (χ4n) is 2.45. The van der Waals surface area contributed by atoms with Crippen molar-refractivity contribution < 1.29 is 14.3 Å². The molecule has 128 valence electrons. The van der Waals surface area contributed by atoms with Gasteiger partial charge in [-0.2, -0.15) is 0 Å². The largest absolute Gasteiger partial charge is 0.493 e. The fourth-order valence-corrected chi connectivity index (χ4v) is 2.62. The number of halogens is 1. The number of aryl methyl sites for hydroxylation is 2. The van der Waals surface area contributed by atoms with Crippen LogP contribution in [0, 0.1) is 13.8 Å². The molecule has 0 saturated carbocycles. The van der Waals surface area contributed by atoms with Crippen LogP contribution in [0.1, 0.15) is 27.9 Å². The summed E-state index contributed by atoms with van der Waals surface area (Å²) in [5, 5.41) is 3.73. The normalized spacial score (nSPS) is 10.3. The van der Waals surface area contributed by atoms with Gasteiger partial charge in [-0.15, -0.1) is 0 Å². The summed E-state index contributed by atoms with van der Waals surface area (Å²) in [6.07, 6.45) is 0.803. The van der Waals surface area contributed by atoms with Crippen molar-refractivity contribution in [3.05, 3.63) is 58.1 Å². The van der Waals surface area contributed by atoms with Gasteiger partial charge in [-0.25, -0.2) is 4.79 Å². The summed E-state index contributed by atoms with van der Waals surface area (Å²) in [6.45, 7) is 5.35. The molecule has 0 fully saturated rings. The minimum Gasteiger partial charge on any atom is -0.493 e. The Morgan fingerprint density at radius 3 is 2.54 bits per heavy atom. The molecule has 0 aliphatic heterocycles. The summed E-state index contributed by atoms with van der Waals surface area (Å²) in [6, 6.07) is 11.2. The number of methoxy groups -OCH3 is 1. The molecule has 0 atom stereocenters. The van der Waals surface area contributed by atoms with E-state index in [1.807, 2.05) is 32.0 Å². The van der Waals surface area contributed by atoms with E-state index in [1.165, 1.54) is 7.11 Å². The van der Waals surface area contributed by atoms with Crippen LogP contribution in [0.3, 0.4) is 0 Å². The first-order valence-corrected chi connectivity index (χ1v) is 8.21. The number of rotatable bonds is 7. The van der Waals surface area contributed by atoms with Gasteiger partial charge in [0.05, 0.1) is 19.3 Å². The number of carbonyl (C=O) groups is 1. The highest BCUT2D eigenvalue weighted by atomic mass is 35.5. The molecule has 0 bridgehead atoms. The molecule has 0 heterocycles. The number of ether oxygens (including phenoxy) is 2. The molecule has 2 aromatic carbocycles.